The second-order valence-electron chi connectivity index (χ2n) is 5.18. The van der Waals surface area contributed by atoms with Gasteiger partial charge in [-0.25, -0.2) is 4.98 Å². The third kappa shape index (κ3) is 2.63. The summed E-state index contributed by atoms with van der Waals surface area (Å²) in [4.78, 5) is 4.44. The van der Waals surface area contributed by atoms with Gasteiger partial charge in [-0.05, 0) is 11.6 Å². The Morgan fingerprint density at radius 2 is 1.21 bits per heavy atom. The fourth-order valence-electron chi connectivity index (χ4n) is 2.60. The summed E-state index contributed by atoms with van der Waals surface area (Å²) >= 11 is 0. The highest BCUT2D eigenvalue weighted by Crippen LogP contribution is 2.32. The molecular weight excluding hydrogens is 298 g/mol. The normalized spacial score (nSPS) is 10.5. The Morgan fingerprint density at radius 1 is 0.542 bits per heavy atom. The van der Waals surface area contributed by atoms with Gasteiger partial charge in [0.25, 0.3) is 0 Å². The minimum absolute atomic E-state index is 0.670. The molecule has 0 radical (unpaired) electrons. The molecule has 0 spiro atoms. The molecule has 2 aromatic carbocycles. The highest BCUT2D eigenvalue weighted by atomic mass is 15.2. The molecule has 2 aromatic heterocycles. The maximum atomic E-state index is 4.44. The number of hydrogen-bond acceptors (Lipinski definition) is 5. The molecule has 0 unspecified atom stereocenters. The summed E-state index contributed by atoms with van der Waals surface area (Å²) in [5.74, 6) is 0. The predicted molar refractivity (Wildman–Crippen MR) is 91.7 cm³/mol. The lowest BCUT2D eigenvalue weighted by atomic mass is 10.0. The van der Waals surface area contributed by atoms with Crippen LogP contribution in [0.4, 0.5) is 0 Å². The molecule has 4 rings (SSSR count). The van der Waals surface area contributed by atoms with Crippen LogP contribution in [0, 0.1) is 0 Å². The molecule has 0 fully saturated rings. The van der Waals surface area contributed by atoms with Gasteiger partial charge in [-0.3, -0.25) is 0 Å². The van der Waals surface area contributed by atoms with E-state index in [9.17, 15) is 0 Å². The molecule has 0 bridgehead atoms. The predicted octanol–water partition coefficient (Wildman–Crippen LogP) is 3.66. The maximum Gasteiger partial charge on any atom is 0.138 e. The molecular formula is C19H13N5. The van der Waals surface area contributed by atoms with E-state index in [1.54, 1.807) is 6.20 Å². The minimum atomic E-state index is 0.670. The van der Waals surface area contributed by atoms with Gasteiger partial charge in [0, 0.05) is 11.1 Å². The number of hydrogen-bond donors (Lipinski definition) is 0. The zero-order valence-corrected chi connectivity index (χ0v) is 12.7. The standard InChI is InChI=1S/C19H13N5/c1-3-7-14(8-4-1)16-11-12-21-24-18(16)19-17(23-22-13-20-19)15-9-5-2-6-10-15/h1-13H. The summed E-state index contributed by atoms with van der Waals surface area (Å²) in [5.41, 5.74) is 5.01. The topological polar surface area (TPSA) is 64.5 Å². The Bertz CT molecular complexity index is 874. The molecule has 24 heavy (non-hydrogen) atoms. The van der Waals surface area contributed by atoms with Crippen LogP contribution < -0.4 is 0 Å². The van der Waals surface area contributed by atoms with E-state index in [2.05, 4.69) is 25.4 Å². The Balaban J connectivity index is 1.93. The Morgan fingerprint density at radius 3 is 1.96 bits per heavy atom. The van der Waals surface area contributed by atoms with Crippen LogP contribution in [0.1, 0.15) is 0 Å². The van der Waals surface area contributed by atoms with Gasteiger partial charge < -0.3 is 0 Å². The molecule has 0 amide bonds. The fraction of sp³-hybridized carbons (Fsp3) is 0. The largest absolute Gasteiger partial charge is 0.230 e. The fourth-order valence-corrected chi connectivity index (χ4v) is 2.60. The molecule has 0 aliphatic rings. The molecule has 5 nitrogen and oxygen atoms in total. The van der Waals surface area contributed by atoms with E-state index < -0.39 is 0 Å². The van der Waals surface area contributed by atoms with Crippen LogP contribution in [0.5, 0.6) is 0 Å². The van der Waals surface area contributed by atoms with E-state index in [0.29, 0.717) is 17.1 Å². The number of aromatic nitrogens is 5. The number of rotatable bonds is 3. The lowest BCUT2D eigenvalue weighted by Gasteiger charge is -2.10. The average Bonchev–Trinajstić information content (AvgIpc) is 2.69. The first-order valence-corrected chi connectivity index (χ1v) is 7.54. The lowest BCUT2D eigenvalue weighted by molar-refractivity contribution is 0.963. The Hall–Kier alpha value is -3.47. The molecule has 2 heterocycles. The van der Waals surface area contributed by atoms with E-state index in [-0.39, 0.29) is 0 Å². The van der Waals surface area contributed by atoms with Crippen molar-refractivity contribution in [1.82, 2.24) is 25.4 Å². The van der Waals surface area contributed by atoms with E-state index in [4.69, 9.17) is 0 Å². The van der Waals surface area contributed by atoms with Crippen LogP contribution in [0.3, 0.4) is 0 Å². The van der Waals surface area contributed by atoms with Crippen molar-refractivity contribution < 1.29 is 0 Å². The first-order chi connectivity index (χ1) is 11.9. The zero-order valence-electron chi connectivity index (χ0n) is 12.7. The molecule has 4 aromatic rings. The van der Waals surface area contributed by atoms with E-state index >= 15 is 0 Å². The number of benzene rings is 2. The second kappa shape index (κ2) is 6.34. The summed E-state index contributed by atoms with van der Waals surface area (Å²) in [7, 11) is 0. The summed E-state index contributed by atoms with van der Waals surface area (Å²) in [5, 5.41) is 16.6. The monoisotopic (exact) mass is 311 g/mol. The Kier molecular flexibility index (Phi) is 3.73. The van der Waals surface area contributed by atoms with Crippen molar-refractivity contribution in [3.8, 4) is 33.8 Å². The van der Waals surface area contributed by atoms with Crippen molar-refractivity contribution in [1.29, 1.82) is 0 Å². The zero-order chi connectivity index (χ0) is 16.2. The van der Waals surface area contributed by atoms with Crippen molar-refractivity contribution in [2.75, 3.05) is 0 Å². The molecule has 0 aliphatic carbocycles. The molecule has 0 atom stereocenters. The third-order valence-electron chi connectivity index (χ3n) is 3.70. The third-order valence-corrected chi connectivity index (χ3v) is 3.70. The average molecular weight is 311 g/mol. The van der Waals surface area contributed by atoms with Crippen LogP contribution >= 0.6 is 0 Å². The molecule has 114 valence electrons. The van der Waals surface area contributed by atoms with Crippen molar-refractivity contribution in [2.24, 2.45) is 0 Å². The van der Waals surface area contributed by atoms with Crippen LogP contribution in [0.25, 0.3) is 33.8 Å². The summed E-state index contributed by atoms with van der Waals surface area (Å²) < 4.78 is 0. The SMILES string of the molecule is c1ccc(-c2ccnnc2-c2ncnnc2-c2ccccc2)cc1. The summed E-state index contributed by atoms with van der Waals surface area (Å²) in [6.45, 7) is 0. The van der Waals surface area contributed by atoms with E-state index in [1.807, 2.05) is 66.7 Å². The summed E-state index contributed by atoms with van der Waals surface area (Å²) in [6.07, 6.45) is 3.12. The molecule has 0 N–H and O–H groups in total. The first kappa shape index (κ1) is 14.1. The van der Waals surface area contributed by atoms with Gasteiger partial charge in [0.1, 0.15) is 23.4 Å². The number of nitrogens with zero attached hydrogens (tertiary/aromatic N) is 5. The summed E-state index contributed by atoms with van der Waals surface area (Å²) in [6, 6.07) is 21.8. The lowest BCUT2D eigenvalue weighted by Crippen LogP contribution is -1.99. The van der Waals surface area contributed by atoms with E-state index in [1.165, 1.54) is 6.33 Å². The van der Waals surface area contributed by atoms with Crippen LogP contribution in [-0.2, 0) is 0 Å². The van der Waals surface area contributed by atoms with Crippen molar-refractivity contribution in [3.05, 3.63) is 79.3 Å². The van der Waals surface area contributed by atoms with Gasteiger partial charge in [-0.15, -0.1) is 15.3 Å². The molecule has 0 aliphatic heterocycles. The second-order valence-corrected chi connectivity index (χ2v) is 5.18. The van der Waals surface area contributed by atoms with Gasteiger partial charge in [-0.1, -0.05) is 60.7 Å². The maximum absolute atomic E-state index is 4.44. The van der Waals surface area contributed by atoms with Crippen molar-refractivity contribution in [2.45, 2.75) is 0 Å². The van der Waals surface area contributed by atoms with Gasteiger partial charge >= 0.3 is 0 Å². The van der Waals surface area contributed by atoms with Gasteiger partial charge in [-0.2, -0.15) is 5.10 Å². The van der Waals surface area contributed by atoms with E-state index in [0.717, 1.165) is 16.7 Å². The molecule has 5 heteroatoms. The highest BCUT2D eigenvalue weighted by Gasteiger charge is 2.16. The molecule has 0 saturated carbocycles. The van der Waals surface area contributed by atoms with Crippen LogP contribution in [0.15, 0.2) is 79.3 Å². The molecule has 0 saturated heterocycles. The minimum Gasteiger partial charge on any atom is -0.230 e. The first-order valence-electron chi connectivity index (χ1n) is 7.54. The highest BCUT2D eigenvalue weighted by molar-refractivity contribution is 5.85. The van der Waals surface area contributed by atoms with Gasteiger partial charge in [0.15, 0.2) is 0 Å². The van der Waals surface area contributed by atoms with Gasteiger partial charge in [0.05, 0.1) is 6.20 Å². The smallest absolute Gasteiger partial charge is 0.138 e. The quantitative estimate of drug-likeness (QED) is 0.577. The van der Waals surface area contributed by atoms with Crippen LogP contribution in [-0.4, -0.2) is 25.4 Å². The van der Waals surface area contributed by atoms with Crippen LogP contribution in [0.2, 0.25) is 0 Å². The van der Waals surface area contributed by atoms with Crippen molar-refractivity contribution in [3.63, 3.8) is 0 Å². The Labute approximate surface area is 139 Å². The van der Waals surface area contributed by atoms with Gasteiger partial charge in [0.2, 0.25) is 0 Å². The van der Waals surface area contributed by atoms with Crippen molar-refractivity contribution >= 4 is 0 Å².